The molecule has 0 radical (unpaired) electrons. The quantitative estimate of drug-likeness (QED) is 0.293. The van der Waals surface area contributed by atoms with E-state index >= 15 is 0 Å². The lowest BCUT2D eigenvalue weighted by Crippen LogP contribution is -2.18. The number of hydrogen-bond acceptors (Lipinski definition) is 4. The van der Waals surface area contributed by atoms with Crippen molar-refractivity contribution in [2.45, 2.75) is 31.8 Å². The molecule has 5 rings (SSSR count). The van der Waals surface area contributed by atoms with Gasteiger partial charge < -0.3 is 19.5 Å². The fraction of sp³-hybridized carbons (Fsp3) is 0.219. The summed E-state index contributed by atoms with van der Waals surface area (Å²) in [5.41, 5.74) is 6.25. The lowest BCUT2D eigenvalue weighted by molar-refractivity contribution is 0.102. The van der Waals surface area contributed by atoms with Gasteiger partial charge >= 0.3 is 0 Å². The molecule has 188 valence electrons. The van der Waals surface area contributed by atoms with Crippen LogP contribution in [0.1, 0.15) is 45.0 Å². The highest BCUT2D eigenvalue weighted by molar-refractivity contribution is 6.04. The third-order valence-corrected chi connectivity index (χ3v) is 6.96. The van der Waals surface area contributed by atoms with E-state index in [1.54, 1.807) is 26.4 Å². The first-order valence-electron chi connectivity index (χ1n) is 12.5. The van der Waals surface area contributed by atoms with Crippen LogP contribution in [0.5, 0.6) is 17.2 Å². The highest BCUT2D eigenvalue weighted by Gasteiger charge is 2.24. The van der Waals surface area contributed by atoms with Gasteiger partial charge in [-0.2, -0.15) is 0 Å². The van der Waals surface area contributed by atoms with Gasteiger partial charge in [0.15, 0.2) is 0 Å². The van der Waals surface area contributed by atoms with Crippen molar-refractivity contribution in [3.05, 3.63) is 119 Å². The van der Waals surface area contributed by atoms with Crippen molar-refractivity contribution in [1.82, 2.24) is 0 Å². The minimum absolute atomic E-state index is 0.162. The maximum atomic E-state index is 13.2. The zero-order valence-corrected chi connectivity index (χ0v) is 21.2. The number of amides is 1. The van der Waals surface area contributed by atoms with Crippen LogP contribution in [-0.2, 0) is 19.4 Å². The number of benzene rings is 4. The van der Waals surface area contributed by atoms with E-state index in [2.05, 4.69) is 23.5 Å². The molecule has 5 heteroatoms. The SMILES string of the molecule is COc1ccc2c(c1)CCC(c1ccc(OC)cc1NC(=O)c1ccc(OCc3ccccc3)cc1)C2. The van der Waals surface area contributed by atoms with Gasteiger partial charge in [0.25, 0.3) is 5.91 Å². The minimum Gasteiger partial charge on any atom is -0.497 e. The molecule has 0 fully saturated rings. The summed E-state index contributed by atoms with van der Waals surface area (Å²) >= 11 is 0. The molecule has 1 unspecified atom stereocenters. The summed E-state index contributed by atoms with van der Waals surface area (Å²) < 4.78 is 16.7. The van der Waals surface area contributed by atoms with Gasteiger partial charge in [0, 0.05) is 17.3 Å². The van der Waals surface area contributed by atoms with Crippen LogP contribution in [0.2, 0.25) is 0 Å². The highest BCUT2D eigenvalue weighted by Crippen LogP contribution is 2.38. The number of carbonyl (C=O) groups is 1. The molecule has 0 spiro atoms. The molecule has 0 bridgehead atoms. The Bertz CT molecular complexity index is 1370. The van der Waals surface area contributed by atoms with Crippen LogP contribution in [0.15, 0.2) is 91.0 Å². The number of fused-ring (bicyclic) bond motifs is 1. The first-order chi connectivity index (χ1) is 18.1. The highest BCUT2D eigenvalue weighted by atomic mass is 16.5. The van der Waals surface area contributed by atoms with E-state index in [0.29, 0.717) is 23.8 Å². The van der Waals surface area contributed by atoms with Crippen LogP contribution in [0.3, 0.4) is 0 Å². The van der Waals surface area contributed by atoms with Crippen LogP contribution in [-0.4, -0.2) is 20.1 Å². The van der Waals surface area contributed by atoms with Crippen LogP contribution in [0.25, 0.3) is 0 Å². The zero-order valence-electron chi connectivity index (χ0n) is 21.2. The number of rotatable bonds is 8. The second-order valence-electron chi connectivity index (χ2n) is 9.28. The molecular formula is C32H31NO4. The van der Waals surface area contributed by atoms with Crippen molar-refractivity contribution in [2.24, 2.45) is 0 Å². The summed E-state index contributed by atoms with van der Waals surface area (Å²) in [6, 6.07) is 29.5. The summed E-state index contributed by atoms with van der Waals surface area (Å²) in [7, 11) is 3.34. The predicted octanol–water partition coefficient (Wildman–Crippen LogP) is 6.81. The van der Waals surface area contributed by atoms with Crippen LogP contribution >= 0.6 is 0 Å². The fourth-order valence-corrected chi connectivity index (χ4v) is 4.89. The predicted molar refractivity (Wildman–Crippen MR) is 146 cm³/mol. The Morgan fingerprint density at radius 2 is 1.51 bits per heavy atom. The van der Waals surface area contributed by atoms with Crippen molar-refractivity contribution in [1.29, 1.82) is 0 Å². The standard InChI is InChI=1S/C32H31NO4/c1-35-28-15-12-24-18-26(9-8-25(24)19-28)30-17-16-29(36-2)20-31(30)33-32(34)23-10-13-27(14-11-23)37-21-22-6-4-3-5-7-22/h3-7,10-17,19-20,26H,8-9,18,21H2,1-2H3,(H,33,34). The van der Waals surface area contributed by atoms with Gasteiger partial charge in [-0.05, 0) is 89.9 Å². The van der Waals surface area contributed by atoms with Gasteiger partial charge in [-0.3, -0.25) is 4.79 Å². The minimum atomic E-state index is -0.162. The average Bonchev–Trinajstić information content (AvgIpc) is 2.96. The molecule has 0 saturated carbocycles. The molecular weight excluding hydrogens is 462 g/mol. The summed E-state index contributed by atoms with van der Waals surface area (Å²) in [6.45, 7) is 0.483. The molecule has 4 aromatic carbocycles. The van der Waals surface area contributed by atoms with Crippen molar-refractivity contribution >= 4 is 11.6 Å². The molecule has 0 saturated heterocycles. The Kier molecular flexibility index (Phi) is 7.41. The smallest absolute Gasteiger partial charge is 0.255 e. The normalized spacial score (nSPS) is 14.4. The summed E-state index contributed by atoms with van der Waals surface area (Å²) in [4.78, 5) is 13.2. The lowest BCUT2D eigenvalue weighted by Gasteiger charge is -2.27. The number of methoxy groups -OCH3 is 2. The zero-order chi connectivity index (χ0) is 25.6. The Hall–Kier alpha value is -4.25. The summed E-state index contributed by atoms with van der Waals surface area (Å²) in [6.07, 6.45) is 2.89. The van der Waals surface area contributed by atoms with Gasteiger partial charge in [0.2, 0.25) is 0 Å². The molecule has 1 aliphatic carbocycles. The van der Waals surface area contributed by atoms with Gasteiger partial charge in [0.1, 0.15) is 23.9 Å². The number of anilines is 1. The van der Waals surface area contributed by atoms with Gasteiger partial charge in [-0.15, -0.1) is 0 Å². The van der Waals surface area contributed by atoms with Crippen LogP contribution < -0.4 is 19.5 Å². The molecule has 5 nitrogen and oxygen atoms in total. The molecule has 0 heterocycles. The van der Waals surface area contributed by atoms with Crippen molar-refractivity contribution in [2.75, 3.05) is 19.5 Å². The van der Waals surface area contributed by atoms with Gasteiger partial charge in [-0.25, -0.2) is 0 Å². The summed E-state index contributed by atoms with van der Waals surface area (Å²) in [5, 5.41) is 3.14. The molecule has 37 heavy (non-hydrogen) atoms. The van der Waals surface area contributed by atoms with Crippen molar-refractivity contribution in [3.8, 4) is 17.2 Å². The Morgan fingerprint density at radius 1 is 0.811 bits per heavy atom. The molecule has 0 aliphatic heterocycles. The second kappa shape index (κ2) is 11.2. The van der Waals surface area contributed by atoms with Crippen LogP contribution in [0.4, 0.5) is 5.69 Å². The molecule has 1 amide bonds. The first-order valence-corrected chi connectivity index (χ1v) is 12.5. The topological polar surface area (TPSA) is 56.8 Å². The molecule has 0 aromatic heterocycles. The van der Waals surface area contributed by atoms with Crippen molar-refractivity contribution < 1.29 is 19.0 Å². The molecule has 1 atom stereocenters. The second-order valence-corrected chi connectivity index (χ2v) is 9.28. The number of nitrogens with one attached hydrogen (secondary N) is 1. The Labute approximate surface area is 218 Å². The molecule has 4 aromatic rings. The maximum Gasteiger partial charge on any atom is 0.255 e. The van der Waals surface area contributed by atoms with E-state index in [0.717, 1.165) is 47.6 Å². The largest absolute Gasteiger partial charge is 0.497 e. The molecule has 1 N–H and O–H groups in total. The Balaban J connectivity index is 1.30. The Morgan fingerprint density at radius 3 is 2.27 bits per heavy atom. The number of ether oxygens (including phenoxy) is 3. The number of aryl methyl sites for hydroxylation is 1. The lowest BCUT2D eigenvalue weighted by atomic mass is 9.79. The van der Waals surface area contributed by atoms with E-state index in [-0.39, 0.29) is 5.91 Å². The number of hydrogen-bond donors (Lipinski definition) is 1. The fourth-order valence-electron chi connectivity index (χ4n) is 4.89. The van der Waals surface area contributed by atoms with E-state index in [1.807, 2.05) is 60.7 Å². The van der Waals surface area contributed by atoms with Crippen LogP contribution in [0, 0.1) is 0 Å². The van der Waals surface area contributed by atoms with Gasteiger partial charge in [-0.1, -0.05) is 42.5 Å². The maximum absolute atomic E-state index is 13.2. The first kappa shape index (κ1) is 24.4. The van der Waals surface area contributed by atoms with E-state index in [9.17, 15) is 4.79 Å². The third kappa shape index (κ3) is 5.78. The average molecular weight is 494 g/mol. The van der Waals surface area contributed by atoms with Gasteiger partial charge in [0.05, 0.1) is 14.2 Å². The molecule has 1 aliphatic rings. The van der Waals surface area contributed by atoms with E-state index in [1.165, 1.54) is 11.1 Å². The monoisotopic (exact) mass is 493 g/mol. The summed E-state index contributed by atoms with van der Waals surface area (Å²) in [5.74, 6) is 2.47. The van der Waals surface area contributed by atoms with E-state index in [4.69, 9.17) is 14.2 Å². The van der Waals surface area contributed by atoms with Crippen molar-refractivity contribution in [3.63, 3.8) is 0 Å². The van der Waals surface area contributed by atoms with E-state index < -0.39 is 0 Å². The third-order valence-electron chi connectivity index (χ3n) is 6.96. The number of carbonyl (C=O) groups excluding carboxylic acids is 1.